The van der Waals surface area contributed by atoms with Crippen LogP contribution in [0.4, 0.5) is 10.2 Å². The zero-order chi connectivity index (χ0) is 20.6. The van der Waals surface area contributed by atoms with Crippen LogP contribution in [0.5, 0.6) is 0 Å². The highest BCUT2D eigenvalue weighted by Crippen LogP contribution is 2.28. The van der Waals surface area contributed by atoms with E-state index in [9.17, 15) is 12.8 Å². The number of aromatic amines is 1. The van der Waals surface area contributed by atoms with Crippen LogP contribution in [0.2, 0.25) is 5.02 Å². The first kappa shape index (κ1) is 20.0. The topological polar surface area (TPSA) is 113 Å². The fourth-order valence-corrected chi connectivity index (χ4v) is 4.48. The van der Waals surface area contributed by atoms with Gasteiger partial charge in [0.2, 0.25) is 10.0 Å². The molecular weight excluding hydrogens is 423 g/mol. The van der Waals surface area contributed by atoms with Crippen molar-refractivity contribution in [1.29, 1.82) is 0 Å². The van der Waals surface area contributed by atoms with Crippen LogP contribution in [0.25, 0.3) is 22.4 Å². The summed E-state index contributed by atoms with van der Waals surface area (Å²) in [7, 11) is -3.40. The Balaban J connectivity index is 1.59. The number of anilines is 1. The van der Waals surface area contributed by atoms with Gasteiger partial charge in [0.05, 0.1) is 36.7 Å². The van der Waals surface area contributed by atoms with E-state index in [1.807, 2.05) is 0 Å². The largest absolute Gasteiger partial charge is 0.378 e. The van der Waals surface area contributed by atoms with Gasteiger partial charge in [-0.05, 0) is 6.07 Å². The molecule has 0 saturated carbocycles. The summed E-state index contributed by atoms with van der Waals surface area (Å²) >= 11 is 6.02. The van der Waals surface area contributed by atoms with Crippen LogP contribution in [0, 0.1) is 5.82 Å². The highest BCUT2D eigenvalue weighted by atomic mass is 35.5. The molecule has 1 unspecified atom stereocenters. The number of hydrogen-bond acceptors (Lipinski definition) is 7. The van der Waals surface area contributed by atoms with E-state index in [4.69, 9.17) is 16.3 Å². The van der Waals surface area contributed by atoms with Crippen molar-refractivity contribution >= 4 is 38.5 Å². The van der Waals surface area contributed by atoms with Crippen LogP contribution in [0.3, 0.4) is 0 Å². The first-order chi connectivity index (χ1) is 13.8. The molecule has 12 heteroatoms. The fourth-order valence-electron chi connectivity index (χ4n) is 3.24. The molecule has 1 atom stereocenters. The third-order valence-electron chi connectivity index (χ3n) is 4.59. The minimum atomic E-state index is -3.40. The molecule has 9 nitrogen and oxygen atoms in total. The summed E-state index contributed by atoms with van der Waals surface area (Å²) in [5.74, 6) is -0.394. The minimum Gasteiger partial charge on any atom is -0.378 e. The summed E-state index contributed by atoms with van der Waals surface area (Å²) < 4.78 is 44.9. The number of pyridine rings is 1. The summed E-state index contributed by atoms with van der Waals surface area (Å²) in [5, 5.41) is 4.05. The number of halogens is 2. The van der Waals surface area contributed by atoms with E-state index in [1.54, 1.807) is 12.3 Å². The third-order valence-corrected chi connectivity index (χ3v) is 6.13. The van der Waals surface area contributed by atoms with E-state index in [0.717, 1.165) is 12.5 Å². The van der Waals surface area contributed by atoms with Crippen molar-refractivity contribution in [3.05, 3.63) is 35.5 Å². The van der Waals surface area contributed by atoms with Gasteiger partial charge in [-0.3, -0.25) is 0 Å². The van der Waals surface area contributed by atoms with Gasteiger partial charge in [-0.1, -0.05) is 11.6 Å². The monoisotopic (exact) mass is 440 g/mol. The first-order valence-electron chi connectivity index (χ1n) is 8.77. The molecule has 4 heterocycles. The third kappa shape index (κ3) is 4.17. The summed E-state index contributed by atoms with van der Waals surface area (Å²) in [6.45, 7) is 0.937. The van der Waals surface area contributed by atoms with E-state index < -0.39 is 21.9 Å². The summed E-state index contributed by atoms with van der Waals surface area (Å²) in [4.78, 5) is 15.5. The molecule has 1 fully saturated rings. The van der Waals surface area contributed by atoms with E-state index in [2.05, 4.69) is 25.3 Å². The lowest BCUT2D eigenvalue weighted by Gasteiger charge is -2.33. The summed E-state index contributed by atoms with van der Waals surface area (Å²) in [5.41, 5.74) is 1.23. The Bertz CT molecular complexity index is 1160. The Labute approximate surface area is 171 Å². The Kier molecular flexibility index (Phi) is 5.38. The average molecular weight is 441 g/mol. The van der Waals surface area contributed by atoms with Crippen LogP contribution in [0.1, 0.15) is 0 Å². The Morgan fingerprint density at radius 3 is 3.03 bits per heavy atom. The number of aromatic nitrogens is 4. The van der Waals surface area contributed by atoms with Gasteiger partial charge < -0.3 is 15.0 Å². The van der Waals surface area contributed by atoms with Crippen molar-refractivity contribution in [3.63, 3.8) is 0 Å². The molecular formula is C17H18ClFN6O3S. The maximum Gasteiger partial charge on any atom is 0.211 e. The molecule has 3 aromatic rings. The zero-order valence-corrected chi connectivity index (χ0v) is 17.0. The van der Waals surface area contributed by atoms with Gasteiger partial charge in [0.25, 0.3) is 0 Å². The van der Waals surface area contributed by atoms with Crippen molar-refractivity contribution in [3.8, 4) is 11.4 Å². The van der Waals surface area contributed by atoms with Crippen LogP contribution in [0.15, 0.2) is 24.7 Å². The lowest BCUT2D eigenvalue weighted by Crippen LogP contribution is -2.51. The molecule has 3 aromatic heterocycles. The van der Waals surface area contributed by atoms with Crippen molar-refractivity contribution < 1.29 is 17.5 Å². The quantitative estimate of drug-likeness (QED) is 0.622. The van der Waals surface area contributed by atoms with E-state index in [1.165, 1.54) is 10.5 Å². The molecule has 154 valence electrons. The van der Waals surface area contributed by atoms with Gasteiger partial charge >= 0.3 is 0 Å². The second-order valence-electron chi connectivity index (χ2n) is 6.63. The first-order valence-corrected chi connectivity index (χ1v) is 11.0. The Hall–Kier alpha value is -2.34. The maximum atomic E-state index is 14.3. The number of nitrogens with one attached hydrogen (secondary N) is 2. The number of morpholine rings is 1. The SMILES string of the molecule is CS(=O)(=O)N1CCOCC1CNc1nc(-c2c[nH]c3ncc(Cl)cc23)ncc1F. The lowest BCUT2D eigenvalue weighted by atomic mass is 10.2. The average Bonchev–Trinajstić information content (AvgIpc) is 3.10. The van der Waals surface area contributed by atoms with E-state index >= 15 is 0 Å². The van der Waals surface area contributed by atoms with E-state index in [-0.39, 0.29) is 31.3 Å². The molecule has 4 rings (SSSR count). The van der Waals surface area contributed by atoms with Gasteiger partial charge in [0.15, 0.2) is 17.5 Å². The molecule has 29 heavy (non-hydrogen) atoms. The molecule has 0 aromatic carbocycles. The number of hydrogen-bond donors (Lipinski definition) is 2. The van der Waals surface area contributed by atoms with Crippen LogP contribution < -0.4 is 5.32 Å². The van der Waals surface area contributed by atoms with Crippen molar-refractivity contribution in [2.24, 2.45) is 0 Å². The normalized spacial score (nSPS) is 18.2. The van der Waals surface area contributed by atoms with Gasteiger partial charge in [0.1, 0.15) is 5.65 Å². The second-order valence-corrected chi connectivity index (χ2v) is 9.00. The molecule has 1 aliphatic heterocycles. The van der Waals surface area contributed by atoms with Crippen molar-refractivity contribution in [2.75, 3.05) is 37.9 Å². The highest BCUT2D eigenvalue weighted by Gasteiger charge is 2.30. The summed E-state index contributed by atoms with van der Waals surface area (Å²) in [6, 6.07) is 1.26. The van der Waals surface area contributed by atoms with Gasteiger partial charge in [-0.15, -0.1) is 0 Å². The van der Waals surface area contributed by atoms with Crippen LogP contribution in [-0.4, -0.2) is 71.3 Å². The lowest BCUT2D eigenvalue weighted by molar-refractivity contribution is 0.0375. The number of sulfonamides is 1. The molecule has 2 N–H and O–H groups in total. The Morgan fingerprint density at radius 1 is 1.41 bits per heavy atom. The predicted octanol–water partition coefficient (Wildman–Crippen LogP) is 1.88. The van der Waals surface area contributed by atoms with E-state index in [0.29, 0.717) is 28.2 Å². The van der Waals surface area contributed by atoms with Gasteiger partial charge in [0, 0.05) is 36.4 Å². The molecule has 0 amide bonds. The standard InChI is InChI=1S/C17H18ClFN6O3S/c1-29(26,27)25-2-3-28-9-11(25)6-21-17-14(19)8-23-16(24-17)13-7-22-15-12(13)4-10(18)5-20-15/h4-5,7-8,11H,2-3,6,9H2,1H3,(H,20,22)(H,21,23,24). The van der Waals surface area contributed by atoms with Crippen molar-refractivity contribution in [1.82, 2.24) is 24.2 Å². The number of fused-ring (bicyclic) bond motifs is 1. The summed E-state index contributed by atoms with van der Waals surface area (Å²) in [6.07, 6.45) is 5.39. The fraction of sp³-hybridized carbons (Fsp3) is 0.353. The predicted molar refractivity (Wildman–Crippen MR) is 107 cm³/mol. The number of H-pyrrole nitrogens is 1. The highest BCUT2D eigenvalue weighted by molar-refractivity contribution is 7.88. The molecule has 0 bridgehead atoms. The minimum absolute atomic E-state index is 0.0293. The van der Waals surface area contributed by atoms with Gasteiger partial charge in [-0.25, -0.2) is 27.8 Å². The smallest absolute Gasteiger partial charge is 0.211 e. The Morgan fingerprint density at radius 2 is 2.24 bits per heavy atom. The van der Waals surface area contributed by atoms with Gasteiger partial charge in [-0.2, -0.15) is 4.31 Å². The number of ether oxygens (including phenoxy) is 1. The number of nitrogens with zero attached hydrogens (tertiary/aromatic N) is 4. The molecule has 0 aliphatic carbocycles. The van der Waals surface area contributed by atoms with Crippen molar-refractivity contribution in [2.45, 2.75) is 6.04 Å². The molecule has 0 radical (unpaired) electrons. The molecule has 1 saturated heterocycles. The second kappa shape index (κ2) is 7.82. The maximum absolute atomic E-state index is 14.3. The van der Waals surface area contributed by atoms with Crippen LogP contribution >= 0.6 is 11.6 Å². The van der Waals surface area contributed by atoms with Crippen LogP contribution in [-0.2, 0) is 14.8 Å². The zero-order valence-electron chi connectivity index (χ0n) is 15.4. The molecule has 1 aliphatic rings. The molecule has 0 spiro atoms. The number of rotatable bonds is 5.